The maximum absolute atomic E-state index is 9.67. The molecule has 0 spiro atoms. The van der Waals surface area contributed by atoms with Crippen LogP contribution in [0.3, 0.4) is 0 Å². The zero-order chi connectivity index (χ0) is 11.0. The predicted octanol–water partition coefficient (Wildman–Crippen LogP) is 2.58. The highest BCUT2D eigenvalue weighted by Crippen LogP contribution is 2.32. The van der Waals surface area contributed by atoms with E-state index in [0.717, 1.165) is 42.5 Å². The molecule has 0 radical (unpaired) electrons. The quantitative estimate of drug-likeness (QED) is 0.769. The van der Waals surface area contributed by atoms with Crippen LogP contribution >= 0.6 is 0 Å². The Morgan fingerprint density at radius 3 is 2.94 bits per heavy atom. The van der Waals surface area contributed by atoms with Gasteiger partial charge in [-0.15, -0.1) is 0 Å². The third-order valence-electron chi connectivity index (χ3n) is 3.44. The summed E-state index contributed by atoms with van der Waals surface area (Å²) in [7, 11) is 0. The molecule has 16 heavy (non-hydrogen) atoms. The molecule has 3 heteroatoms. The average Bonchev–Trinajstić information content (AvgIpc) is 2.72. The fraction of sp³-hybridized carbons (Fsp3) is 0.462. The highest BCUT2D eigenvalue weighted by Gasteiger charge is 2.23. The zero-order valence-corrected chi connectivity index (χ0v) is 9.19. The maximum atomic E-state index is 9.67. The number of para-hydroxylation sites is 2. The number of fused-ring (bicyclic) bond motifs is 1. The average molecular weight is 216 g/mol. The van der Waals surface area contributed by atoms with Gasteiger partial charge in [-0.25, -0.2) is 4.98 Å². The molecule has 2 N–H and O–H groups in total. The summed E-state index contributed by atoms with van der Waals surface area (Å²) in [6.45, 7) is 0. The van der Waals surface area contributed by atoms with Gasteiger partial charge in [0.2, 0.25) is 0 Å². The van der Waals surface area contributed by atoms with Gasteiger partial charge in [0.15, 0.2) is 0 Å². The van der Waals surface area contributed by atoms with Crippen molar-refractivity contribution < 1.29 is 5.11 Å². The minimum Gasteiger partial charge on any atom is -0.393 e. The fourth-order valence-corrected chi connectivity index (χ4v) is 2.58. The SMILES string of the molecule is OC1CCCC(c2nc3ccccc3[nH]2)C1. The molecular formula is C13H16N2O. The molecule has 1 aromatic heterocycles. The van der Waals surface area contributed by atoms with Crippen LogP contribution in [-0.4, -0.2) is 21.2 Å². The van der Waals surface area contributed by atoms with Crippen LogP contribution in [-0.2, 0) is 0 Å². The van der Waals surface area contributed by atoms with Crippen LogP contribution in [0.5, 0.6) is 0 Å². The van der Waals surface area contributed by atoms with Gasteiger partial charge in [-0.3, -0.25) is 0 Å². The van der Waals surface area contributed by atoms with Crippen molar-refractivity contribution in [1.29, 1.82) is 0 Å². The first-order chi connectivity index (χ1) is 7.83. The van der Waals surface area contributed by atoms with Crippen LogP contribution in [0.4, 0.5) is 0 Å². The summed E-state index contributed by atoms with van der Waals surface area (Å²) < 4.78 is 0. The van der Waals surface area contributed by atoms with E-state index in [0.29, 0.717) is 5.92 Å². The second-order valence-corrected chi connectivity index (χ2v) is 4.66. The van der Waals surface area contributed by atoms with E-state index in [9.17, 15) is 5.11 Å². The number of H-pyrrole nitrogens is 1. The van der Waals surface area contributed by atoms with Gasteiger partial charge in [0.25, 0.3) is 0 Å². The van der Waals surface area contributed by atoms with Crippen molar-refractivity contribution in [3.8, 4) is 0 Å². The van der Waals surface area contributed by atoms with Crippen molar-refractivity contribution >= 4 is 11.0 Å². The lowest BCUT2D eigenvalue weighted by atomic mass is 9.87. The first-order valence-corrected chi connectivity index (χ1v) is 5.95. The largest absolute Gasteiger partial charge is 0.393 e. The minimum atomic E-state index is -0.146. The van der Waals surface area contributed by atoms with Crippen molar-refractivity contribution in [2.24, 2.45) is 0 Å². The van der Waals surface area contributed by atoms with Crippen molar-refractivity contribution in [2.45, 2.75) is 37.7 Å². The Hall–Kier alpha value is -1.35. The number of imidazole rings is 1. The highest BCUT2D eigenvalue weighted by molar-refractivity contribution is 5.74. The van der Waals surface area contributed by atoms with Crippen LogP contribution in [0.2, 0.25) is 0 Å². The highest BCUT2D eigenvalue weighted by atomic mass is 16.3. The molecule has 3 rings (SSSR count). The first kappa shape index (κ1) is 9.85. The van der Waals surface area contributed by atoms with Crippen molar-refractivity contribution in [2.75, 3.05) is 0 Å². The molecule has 0 amide bonds. The topological polar surface area (TPSA) is 48.9 Å². The number of aromatic nitrogens is 2. The van der Waals surface area contributed by atoms with Crippen LogP contribution in [0, 0.1) is 0 Å². The molecule has 1 aromatic carbocycles. The number of hydrogen-bond donors (Lipinski definition) is 2. The molecule has 0 saturated heterocycles. The third-order valence-corrected chi connectivity index (χ3v) is 3.44. The first-order valence-electron chi connectivity index (χ1n) is 5.95. The number of nitrogens with zero attached hydrogens (tertiary/aromatic N) is 1. The summed E-state index contributed by atoms with van der Waals surface area (Å²) in [4.78, 5) is 7.97. The van der Waals surface area contributed by atoms with E-state index in [-0.39, 0.29) is 6.10 Å². The van der Waals surface area contributed by atoms with Gasteiger partial charge in [0.1, 0.15) is 5.82 Å². The van der Waals surface area contributed by atoms with Gasteiger partial charge >= 0.3 is 0 Å². The second kappa shape index (κ2) is 3.91. The summed E-state index contributed by atoms with van der Waals surface area (Å²) >= 11 is 0. The lowest BCUT2D eigenvalue weighted by molar-refractivity contribution is 0.118. The van der Waals surface area contributed by atoms with Crippen molar-refractivity contribution in [1.82, 2.24) is 9.97 Å². The van der Waals surface area contributed by atoms with Crippen molar-refractivity contribution in [3.63, 3.8) is 0 Å². The fourth-order valence-electron chi connectivity index (χ4n) is 2.58. The molecule has 1 heterocycles. The molecule has 84 valence electrons. The molecule has 2 atom stereocenters. The zero-order valence-electron chi connectivity index (χ0n) is 9.19. The minimum absolute atomic E-state index is 0.146. The van der Waals surface area contributed by atoms with Gasteiger partial charge in [0, 0.05) is 5.92 Å². The number of benzene rings is 1. The Kier molecular flexibility index (Phi) is 2.40. The number of aliphatic hydroxyl groups excluding tert-OH is 1. The number of aromatic amines is 1. The van der Waals surface area contributed by atoms with Crippen LogP contribution in [0.1, 0.15) is 37.4 Å². The third kappa shape index (κ3) is 1.71. The maximum Gasteiger partial charge on any atom is 0.110 e. The van der Waals surface area contributed by atoms with Crippen LogP contribution in [0.15, 0.2) is 24.3 Å². The molecule has 2 aromatic rings. The Balaban J connectivity index is 1.93. The molecule has 2 unspecified atom stereocenters. The van der Waals surface area contributed by atoms with E-state index < -0.39 is 0 Å². The smallest absolute Gasteiger partial charge is 0.110 e. The number of nitrogens with one attached hydrogen (secondary N) is 1. The van der Waals surface area contributed by atoms with Gasteiger partial charge in [0.05, 0.1) is 17.1 Å². The summed E-state index contributed by atoms with van der Waals surface area (Å²) in [5, 5.41) is 9.67. The van der Waals surface area contributed by atoms with E-state index in [2.05, 4.69) is 9.97 Å². The van der Waals surface area contributed by atoms with Crippen LogP contribution < -0.4 is 0 Å². The molecule has 0 aliphatic heterocycles. The van der Waals surface area contributed by atoms with Crippen LogP contribution in [0.25, 0.3) is 11.0 Å². The molecule has 1 aliphatic rings. The van der Waals surface area contributed by atoms with E-state index in [4.69, 9.17) is 0 Å². The lowest BCUT2D eigenvalue weighted by Gasteiger charge is -2.23. The molecule has 1 saturated carbocycles. The molecule has 1 fully saturated rings. The molecular weight excluding hydrogens is 200 g/mol. The van der Waals surface area contributed by atoms with E-state index in [1.165, 1.54) is 0 Å². The number of hydrogen-bond acceptors (Lipinski definition) is 2. The monoisotopic (exact) mass is 216 g/mol. The Bertz CT molecular complexity index is 458. The van der Waals surface area contributed by atoms with E-state index >= 15 is 0 Å². The van der Waals surface area contributed by atoms with E-state index in [1.54, 1.807) is 0 Å². The Labute approximate surface area is 94.5 Å². The standard InChI is InChI=1S/C13H16N2O/c16-10-5-3-4-9(8-10)13-14-11-6-1-2-7-12(11)15-13/h1-2,6-7,9-10,16H,3-5,8H2,(H,14,15). The van der Waals surface area contributed by atoms with Crippen molar-refractivity contribution in [3.05, 3.63) is 30.1 Å². The Morgan fingerprint density at radius 1 is 1.25 bits per heavy atom. The van der Waals surface area contributed by atoms with Gasteiger partial charge in [-0.2, -0.15) is 0 Å². The summed E-state index contributed by atoms with van der Waals surface area (Å²) in [6, 6.07) is 8.09. The van der Waals surface area contributed by atoms with Gasteiger partial charge in [-0.1, -0.05) is 18.6 Å². The number of aliphatic hydroxyl groups is 1. The van der Waals surface area contributed by atoms with Gasteiger partial charge in [-0.05, 0) is 31.4 Å². The van der Waals surface area contributed by atoms with Gasteiger partial charge < -0.3 is 10.1 Å². The molecule has 0 bridgehead atoms. The lowest BCUT2D eigenvalue weighted by Crippen LogP contribution is -2.18. The van der Waals surface area contributed by atoms with E-state index in [1.807, 2.05) is 24.3 Å². The summed E-state index contributed by atoms with van der Waals surface area (Å²) in [5.74, 6) is 1.44. The predicted molar refractivity (Wildman–Crippen MR) is 63.3 cm³/mol. The molecule has 1 aliphatic carbocycles. The molecule has 3 nitrogen and oxygen atoms in total. The summed E-state index contributed by atoms with van der Waals surface area (Å²) in [5.41, 5.74) is 2.12. The summed E-state index contributed by atoms with van der Waals surface area (Å²) in [6.07, 6.45) is 3.88. The second-order valence-electron chi connectivity index (χ2n) is 4.66. The normalized spacial score (nSPS) is 26.1. The number of rotatable bonds is 1. The Morgan fingerprint density at radius 2 is 2.12 bits per heavy atom.